The van der Waals surface area contributed by atoms with E-state index in [0.717, 1.165) is 11.1 Å². The van der Waals surface area contributed by atoms with Gasteiger partial charge < -0.3 is 19.2 Å². The number of fused-ring (bicyclic) bond motifs is 1. The Balaban J connectivity index is 1.47. The molecule has 6 nitrogen and oxygen atoms in total. The van der Waals surface area contributed by atoms with Crippen LogP contribution in [0.1, 0.15) is 21.8 Å². The molecule has 0 saturated heterocycles. The third kappa shape index (κ3) is 3.23. The van der Waals surface area contributed by atoms with Crippen LogP contribution in [-0.2, 0) is 6.54 Å². The first kappa shape index (κ1) is 16.5. The number of rotatable bonds is 4. The van der Waals surface area contributed by atoms with Gasteiger partial charge in [-0.05, 0) is 48.9 Å². The number of aromatic nitrogens is 1. The van der Waals surface area contributed by atoms with Crippen molar-refractivity contribution in [2.24, 2.45) is 0 Å². The fourth-order valence-electron chi connectivity index (χ4n) is 2.64. The number of amides is 1. The lowest BCUT2D eigenvalue weighted by molar-refractivity contribution is 0.0945. The van der Waals surface area contributed by atoms with Crippen molar-refractivity contribution in [3.05, 3.63) is 64.5 Å². The van der Waals surface area contributed by atoms with Gasteiger partial charge in [0.2, 0.25) is 12.7 Å². The second-order valence-corrected chi connectivity index (χ2v) is 6.24. The summed E-state index contributed by atoms with van der Waals surface area (Å²) in [6.07, 6.45) is 0. The summed E-state index contributed by atoms with van der Waals surface area (Å²) in [5.41, 5.74) is 1.92. The first-order valence-corrected chi connectivity index (χ1v) is 8.38. The van der Waals surface area contributed by atoms with Crippen LogP contribution in [0.5, 0.6) is 11.5 Å². The lowest BCUT2D eigenvalue weighted by Gasteiger charge is -2.05. The summed E-state index contributed by atoms with van der Waals surface area (Å²) in [4.78, 5) is 16.8. The highest BCUT2D eigenvalue weighted by Crippen LogP contribution is 2.32. The molecule has 0 radical (unpaired) electrons. The fourth-order valence-corrected chi connectivity index (χ4v) is 2.77. The molecule has 1 N–H and O–H groups in total. The van der Waals surface area contributed by atoms with E-state index in [-0.39, 0.29) is 18.4 Å². The first-order chi connectivity index (χ1) is 12.6. The molecule has 7 heteroatoms. The van der Waals surface area contributed by atoms with Crippen molar-refractivity contribution in [2.45, 2.75) is 13.5 Å². The quantitative estimate of drug-likeness (QED) is 0.752. The van der Waals surface area contributed by atoms with Crippen LogP contribution in [0.4, 0.5) is 0 Å². The molecule has 1 aliphatic rings. The van der Waals surface area contributed by atoms with E-state index in [1.54, 1.807) is 31.2 Å². The van der Waals surface area contributed by atoms with Crippen molar-refractivity contribution in [1.29, 1.82) is 0 Å². The van der Waals surface area contributed by atoms with Crippen molar-refractivity contribution in [3.8, 4) is 23.0 Å². The predicted molar refractivity (Wildman–Crippen MR) is 95.4 cm³/mol. The third-order valence-corrected chi connectivity index (χ3v) is 4.24. The van der Waals surface area contributed by atoms with Gasteiger partial charge in [0, 0.05) is 17.1 Å². The molecule has 1 aliphatic heterocycles. The van der Waals surface area contributed by atoms with E-state index in [1.165, 1.54) is 0 Å². The molecule has 1 amide bonds. The number of halogens is 1. The summed E-state index contributed by atoms with van der Waals surface area (Å²) in [7, 11) is 0. The maximum Gasteiger partial charge on any atom is 0.273 e. The van der Waals surface area contributed by atoms with E-state index < -0.39 is 0 Å². The van der Waals surface area contributed by atoms with Gasteiger partial charge >= 0.3 is 0 Å². The molecule has 2 aromatic carbocycles. The average Bonchev–Trinajstić information content (AvgIpc) is 3.26. The van der Waals surface area contributed by atoms with Gasteiger partial charge in [-0.25, -0.2) is 4.98 Å². The number of benzene rings is 2. The van der Waals surface area contributed by atoms with Crippen LogP contribution in [0.25, 0.3) is 11.5 Å². The summed E-state index contributed by atoms with van der Waals surface area (Å²) in [5, 5.41) is 3.47. The minimum absolute atomic E-state index is 0.219. The maximum atomic E-state index is 12.5. The highest BCUT2D eigenvalue weighted by Gasteiger charge is 2.19. The molecule has 0 unspecified atom stereocenters. The van der Waals surface area contributed by atoms with Crippen LogP contribution < -0.4 is 14.8 Å². The van der Waals surface area contributed by atoms with Gasteiger partial charge in [-0.2, -0.15) is 0 Å². The Morgan fingerprint density at radius 2 is 1.92 bits per heavy atom. The van der Waals surface area contributed by atoms with E-state index in [9.17, 15) is 4.79 Å². The highest BCUT2D eigenvalue weighted by molar-refractivity contribution is 6.30. The maximum absolute atomic E-state index is 12.5. The van der Waals surface area contributed by atoms with Gasteiger partial charge in [-0.1, -0.05) is 17.7 Å². The molecule has 0 aliphatic carbocycles. The van der Waals surface area contributed by atoms with Crippen LogP contribution in [-0.4, -0.2) is 17.7 Å². The molecule has 132 valence electrons. The van der Waals surface area contributed by atoms with Gasteiger partial charge in [0.25, 0.3) is 5.91 Å². The van der Waals surface area contributed by atoms with Crippen LogP contribution in [0.15, 0.2) is 46.9 Å². The number of hydrogen-bond donors (Lipinski definition) is 1. The largest absolute Gasteiger partial charge is 0.454 e. The van der Waals surface area contributed by atoms with Crippen LogP contribution >= 0.6 is 11.6 Å². The molecule has 2 heterocycles. The van der Waals surface area contributed by atoms with Crippen molar-refractivity contribution < 1.29 is 18.7 Å². The number of aryl methyl sites for hydroxylation is 1. The SMILES string of the molecule is Cc1oc(-c2ccc(Cl)cc2)nc1C(=O)NCc1ccc2c(c1)OCO2. The topological polar surface area (TPSA) is 73.6 Å². The first-order valence-electron chi connectivity index (χ1n) is 8.00. The van der Waals surface area contributed by atoms with E-state index in [1.807, 2.05) is 18.2 Å². The third-order valence-electron chi connectivity index (χ3n) is 3.99. The van der Waals surface area contributed by atoms with Crippen molar-refractivity contribution in [1.82, 2.24) is 10.3 Å². The number of ether oxygens (including phenoxy) is 2. The molecule has 0 atom stereocenters. The average molecular weight is 371 g/mol. The molecule has 0 fully saturated rings. The smallest absolute Gasteiger partial charge is 0.273 e. The number of carbonyl (C=O) groups excluding carboxylic acids is 1. The molecular formula is C19H15ClN2O4. The Morgan fingerprint density at radius 1 is 1.15 bits per heavy atom. The Hall–Kier alpha value is -2.99. The van der Waals surface area contributed by atoms with Gasteiger partial charge in [0.15, 0.2) is 17.2 Å². The van der Waals surface area contributed by atoms with Crippen molar-refractivity contribution in [3.63, 3.8) is 0 Å². The monoisotopic (exact) mass is 370 g/mol. The van der Waals surface area contributed by atoms with Gasteiger partial charge in [-0.15, -0.1) is 0 Å². The van der Waals surface area contributed by atoms with Gasteiger partial charge in [-0.3, -0.25) is 4.79 Å². The van der Waals surface area contributed by atoms with Crippen molar-refractivity contribution >= 4 is 17.5 Å². The number of carbonyl (C=O) groups is 1. The number of nitrogens with zero attached hydrogens (tertiary/aromatic N) is 1. The molecular weight excluding hydrogens is 356 g/mol. The number of hydrogen-bond acceptors (Lipinski definition) is 5. The van der Waals surface area contributed by atoms with Crippen LogP contribution in [0, 0.1) is 6.92 Å². The molecule has 26 heavy (non-hydrogen) atoms. The molecule has 0 saturated carbocycles. The zero-order valence-corrected chi connectivity index (χ0v) is 14.7. The Bertz CT molecular complexity index is 966. The van der Waals surface area contributed by atoms with Gasteiger partial charge in [0.1, 0.15) is 5.76 Å². The van der Waals surface area contributed by atoms with Gasteiger partial charge in [0.05, 0.1) is 0 Å². The minimum Gasteiger partial charge on any atom is -0.454 e. The summed E-state index contributed by atoms with van der Waals surface area (Å²) < 4.78 is 16.2. The van der Waals surface area contributed by atoms with E-state index in [0.29, 0.717) is 34.7 Å². The standard InChI is InChI=1S/C19H15ClN2O4/c1-11-17(22-19(26-11)13-3-5-14(20)6-4-13)18(23)21-9-12-2-7-15-16(8-12)25-10-24-15/h2-8H,9-10H2,1H3,(H,21,23). The summed E-state index contributed by atoms with van der Waals surface area (Å²) in [5.74, 6) is 1.93. The highest BCUT2D eigenvalue weighted by atomic mass is 35.5. The summed E-state index contributed by atoms with van der Waals surface area (Å²) in [6, 6.07) is 12.6. The van der Waals surface area contributed by atoms with E-state index in [4.69, 9.17) is 25.5 Å². The predicted octanol–water partition coefficient (Wildman–Crippen LogP) is 3.96. The fraction of sp³-hybridized carbons (Fsp3) is 0.158. The molecule has 0 spiro atoms. The summed E-state index contributed by atoms with van der Waals surface area (Å²) >= 11 is 5.89. The van der Waals surface area contributed by atoms with Crippen LogP contribution in [0.2, 0.25) is 5.02 Å². The molecule has 1 aromatic heterocycles. The Kier molecular flexibility index (Phi) is 4.26. The number of nitrogens with one attached hydrogen (secondary N) is 1. The van der Waals surface area contributed by atoms with Crippen molar-refractivity contribution in [2.75, 3.05) is 6.79 Å². The zero-order chi connectivity index (χ0) is 18.1. The summed E-state index contributed by atoms with van der Waals surface area (Å²) in [6.45, 7) is 2.27. The lowest BCUT2D eigenvalue weighted by Crippen LogP contribution is -2.23. The van der Waals surface area contributed by atoms with Crippen LogP contribution in [0.3, 0.4) is 0 Å². The minimum atomic E-state index is -0.302. The van der Waals surface area contributed by atoms with E-state index in [2.05, 4.69) is 10.3 Å². The Labute approximate surface area is 154 Å². The normalized spacial score (nSPS) is 12.2. The van der Waals surface area contributed by atoms with E-state index >= 15 is 0 Å². The lowest BCUT2D eigenvalue weighted by atomic mass is 10.2. The zero-order valence-electron chi connectivity index (χ0n) is 13.9. The second kappa shape index (κ2) is 6.72. The Morgan fingerprint density at radius 3 is 2.73 bits per heavy atom. The molecule has 4 rings (SSSR count). The second-order valence-electron chi connectivity index (χ2n) is 5.80. The molecule has 0 bridgehead atoms. The number of oxazole rings is 1. The molecule has 3 aromatic rings.